The van der Waals surface area contributed by atoms with Gasteiger partial charge >= 0.3 is 0 Å². The Hall–Kier alpha value is -2.76. The minimum absolute atomic E-state index is 0.0409. The molecule has 0 atom stereocenters. The van der Waals surface area contributed by atoms with Crippen LogP contribution in [-0.2, 0) is 0 Å². The molecule has 1 N–H and O–H groups in total. The van der Waals surface area contributed by atoms with E-state index in [1.165, 1.54) is 12.1 Å². The summed E-state index contributed by atoms with van der Waals surface area (Å²) in [5, 5.41) is 9.54. The Morgan fingerprint density at radius 3 is 2.38 bits per heavy atom. The second-order valence-corrected chi connectivity index (χ2v) is 4.55. The van der Waals surface area contributed by atoms with Crippen LogP contribution in [0.25, 0.3) is 22.0 Å². The number of fused-ring (bicyclic) bond motifs is 1. The van der Waals surface area contributed by atoms with Crippen LogP contribution in [-0.4, -0.2) is 14.9 Å². The molecule has 0 fully saturated rings. The Kier molecular flexibility index (Phi) is 3.13. The molecule has 0 amide bonds. The van der Waals surface area contributed by atoms with Gasteiger partial charge in [0.05, 0.1) is 10.9 Å². The summed E-state index contributed by atoms with van der Waals surface area (Å²) in [5.74, 6) is 0. The van der Waals surface area contributed by atoms with Gasteiger partial charge in [-0.15, -0.1) is 4.73 Å². The molecule has 0 saturated heterocycles. The van der Waals surface area contributed by atoms with E-state index in [2.05, 4.69) is 4.98 Å². The third kappa shape index (κ3) is 2.35. The number of benzene rings is 2. The fraction of sp³-hybridized carbons (Fsp3) is 0.0667. The summed E-state index contributed by atoms with van der Waals surface area (Å²) in [6.45, 7) is 0. The van der Waals surface area contributed by atoms with Crippen molar-refractivity contribution < 1.29 is 14.0 Å². The molecule has 0 bridgehead atoms. The first-order valence-corrected chi connectivity index (χ1v) is 6.15. The van der Waals surface area contributed by atoms with E-state index in [1.807, 2.05) is 0 Å². The van der Waals surface area contributed by atoms with Gasteiger partial charge in [0.2, 0.25) is 0 Å². The minimum atomic E-state index is -2.50. The van der Waals surface area contributed by atoms with Crippen molar-refractivity contribution in [3.05, 3.63) is 64.7 Å². The summed E-state index contributed by atoms with van der Waals surface area (Å²) in [6.07, 6.45) is -1.48. The molecular weight excluding hydrogens is 278 g/mol. The summed E-state index contributed by atoms with van der Waals surface area (Å²) in [4.78, 5) is 15.7. The topological polar surface area (TPSA) is 55.1 Å². The van der Waals surface area contributed by atoms with Crippen LogP contribution in [0.3, 0.4) is 0 Å². The quantitative estimate of drug-likeness (QED) is 0.736. The van der Waals surface area contributed by atoms with Crippen molar-refractivity contribution >= 4 is 10.9 Å². The zero-order valence-electron chi connectivity index (χ0n) is 10.7. The van der Waals surface area contributed by atoms with E-state index in [1.54, 1.807) is 30.3 Å². The summed E-state index contributed by atoms with van der Waals surface area (Å²) in [7, 11) is 0. The number of hydrogen-bond acceptors (Lipinski definition) is 3. The van der Waals surface area contributed by atoms with Crippen molar-refractivity contribution in [2.45, 2.75) is 6.43 Å². The number of halogens is 2. The Balaban J connectivity index is 2.09. The minimum Gasteiger partial charge on any atom is -0.424 e. The van der Waals surface area contributed by atoms with Crippen molar-refractivity contribution in [3.63, 3.8) is 0 Å². The van der Waals surface area contributed by atoms with Crippen molar-refractivity contribution in [3.8, 4) is 11.1 Å². The molecule has 0 spiro atoms. The summed E-state index contributed by atoms with van der Waals surface area (Å²) in [6, 6.07) is 10.8. The molecule has 1 heterocycles. The third-order valence-corrected chi connectivity index (χ3v) is 3.24. The Morgan fingerprint density at radius 1 is 1.05 bits per heavy atom. The van der Waals surface area contributed by atoms with Gasteiger partial charge in [-0.1, -0.05) is 30.3 Å². The standard InChI is InChI=1S/C15H10F2N2O2/c16-14(17)10-3-1-9(2-4-10)11-5-6-12-13(7-11)18-8-19(21)15(12)20/h1-8,14,21H. The molecule has 0 aliphatic rings. The monoisotopic (exact) mass is 288 g/mol. The number of hydrogen-bond donors (Lipinski definition) is 1. The second kappa shape index (κ2) is 4.97. The van der Waals surface area contributed by atoms with Crippen LogP contribution in [0.4, 0.5) is 8.78 Å². The number of alkyl halides is 2. The van der Waals surface area contributed by atoms with Crippen LogP contribution in [0, 0.1) is 0 Å². The summed E-state index contributed by atoms with van der Waals surface area (Å²) in [5.41, 5.74) is 1.34. The van der Waals surface area contributed by atoms with E-state index in [0.717, 1.165) is 17.5 Å². The molecule has 3 aromatic rings. The summed E-state index contributed by atoms with van der Waals surface area (Å²) < 4.78 is 25.5. The second-order valence-electron chi connectivity index (χ2n) is 4.55. The van der Waals surface area contributed by atoms with Crippen LogP contribution < -0.4 is 5.56 Å². The molecule has 0 aliphatic carbocycles. The first-order valence-electron chi connectivity index (χ1n) is 6.15. The van der Waals surface area contributed by atoms with E-state index in [4.69, 9.17) is 0 Å². The zero-order valence-corrected chi connectivity index (χ0v) is 10.7. The average Bonchev–Trinajstić information content (AvgIpc) is 2.51. The highest BCUT2D eigenvalue weighted by atomic mass is 19.3. The van der Waals surface area contributed by atoms with Crippen LogP contribution in [0.2, 0.25) is 0 Å². The number of nitrogens with zero attached hydrogens (tertiary/aromatic N) is 2. The molecule has 3 rings (SSSR count). The van der Waals surface area contributed by atoms with Crippen molar-refractivity contribution in [2.75, 3.05) is 0 Å². The molecule has 2 aromatic carbocycles. The Bertz CT molecular complexity index is 858. The maximum atomic E-state index is 12.5. The van der Waals surface area contributed by atoms with E-state index < -0.39 is 12.0 Å². The molecule has 0 unspecified atom stereocenters. The molecule has 21 heavy (non-hydrogen) atoms. The van der Waals surface area contributed by atoms with Crippen LogP contribution in [0.15, 0.2) is 53.6 Å². The molecule has 1 aromatic heterocycles. The van der Waals surface area contributed by atoms with Gasteiger partial charge in [0, 0.05) is 5.56 Å². The van der Waals surface area contributed by atoms with E-state index in [0.29, 0.717) is 10.2 Å². The predicted molar refractivity (Wildman–Crippen MR) is 73.6 cm³/mol. The van der Waals surface area contributed by atoms with E-state index >= 15 is 0 Å². The van der Waals surface area contributed by atoms with E-state index in [9.17, 15) is 18.8 Å². The van der Waals surface area contributed by atoms with Crippen LogP contribution in [0.5, 0.6) is 0 Å². The number of aromatic nitrogens is 2. The van der Waals surface area contributed by atoms with Gasteiger partial charge in [-0.3, -0.25) is 4.79 Å². The van der Waals surface area contributed by atoms with Crippen LogP contribution >= 0.6 is 0 Å². The highest BCUT2D eigenvalue weighted by molar-refractivity contribution is 5.83. The highest BCUT2D eigenvalue weighted by Gasteiger charge is 2.08. The van der Waals surface area contributed by atoms with Crippen molar-refractivity contribution in [1.29, 1.82) is 0 Å². The molecule has 4 nitrogen and oxygen atoms in total. The Morgan fingerprint density at radius 2 is 1.71 bits per heavy atom. The lowest BCUT2D eigenvalue weighted by molar-refractivity contribution is 0.151. The Labute approximate surface area is 117 Å². The normalized spacial score (nSPS) is 11.2. The van der Waals surface area contributed by atoms with Crippen molar-refractivity contribution in [1.82, 2.24) is 9.71 Å². The summed E-state index contributed by atoms with van der Waals surface area (Å²) >= 11 is 0. The molecule has 6 heteroatoms. The van der Waals surface area contributed by atoms with Gasteiger partial charge < -0.3 is 5.21 Å². The maximum absolute atomic E-state index is 12.5. The van der Waals surface area contributed by atoms with Gasteiger partial charge in [0.25, 0.3) is 12.0 Å². The van der Waals surface area contributed by atoms with Crippen molar-refractivity contribution in [2.24, 2.45) is 0 Å². The lowest BCUT2D eigenvalue weighted by atomic mass is 10.0. The zero-order chi connectivity index (χ0) is 15.0. The van der Waals surface area contributed by atoms with Crippen LogP contribution in [0.1, 0.15) is 12.0 Å². The molecule has 0 aliphatic heterocycles. The van der Waals surface area contributed by atoms with Gasteiger partial charge in [-0.25, -0.2) is 13.8 Å². The lowest BCUT2D eigenvalue weighted by Gasteiger charge is -2.05. The third-order valence-electron chi connectivity index (χ3n) is 3.24. The predicted octanol–water partition coefficient (Wildman–Crippen LogP) is 3.24. The molecule has 106 valence electrons. The lowest BCUT2D eigenvalue weighted by Crippen LogP contribution is -2.17. The van der Waals surface area contributed by atoms with Gasteiger partial charge in [-0.05, 0) is 23.3 Å². The maximum Gasteiger partial charge on any atom is 0.293 e. The van der Waals surface area contributed by atoms with Gasteiger partial charge in [0.15, 0.2) is 0 Å². The first-order chi connectivity index (χ1) is 10.1. The van der Waals surface area contributed by atoms with Gasteiger partial charge in [0.1, 0.15) is 6.33 Å². The SMILES string of the molecule is O=c1c2ccc(-c3ccc(C(F)F)cc3)cc2ncn1O. The smallest absolute Gasteiger partial charge is 0.293 e. The van der Waals surface area contributed by atoms with Gasteiger partial charge in [-0.2, -0.15) is 0 Å². The van der Waals surface area contributed by atoms with E-state index in [-0.39, 0.29) is 10.9 Å². The fourth-order valence-electron chi connectivity index (χ4n) is 2.11. The highest BCUT2D eigenvalue weighted by Crippen LogP contribution is 2.25. The fourth-order valence-corrected chi connectivity index (χ4v) is 2.11. The number of rotatable bonds is 2. The molecular formula is C15H10F2N2O2. The first kappa shape index (κ1) is 13.2. The molecule has 0 radical (unpaired) electrons. The average molecular weight is 288 g/mol. The molecule has 0 saturated carbocycles. The largest absolute Gasteiger partial charge is 0.424 e.